The van der Waals surface area contributed by atoms with E-state index in [-0.39, 0.29) is 6.61 Å². The summed E-state index contributed by atoms with van der Waals surface area (Å²) in [6.45, 7) is 2.12. The Balaban J connectivity index is 2.29. The molecule has 0 unspecified atom stereocenters. The summed E-state index contributed by atoms with van der Waals surface area (Å²) in [6.07, 6.45) is 6.96. The highest BCUT2D eigenvalue weighted by Gasteiger charge is 2.10. The minimum atomic E-state index is 0.171. The average Bonchev–Trinajstić information content (AvgIpc) is 2.54. The minimum absolute atomic E-state index is 0.171. The van der Waals surface area contributed by atoms with Crippen LogP contribution in [0.2, 0.25) is 5.02 Å². The van der Waals surface area contributed by atoms with Crippen LogP contribution < -0.4 is 9.47 Å². The number of hydrogen-bond acceptors (Lipinski definition) is 3. The largest absolute Gasteiger partial charge is 0.493 e. The topological polar surface area (TPSA) is 30.8 Å². The van der Waals surface area contributed by atoms with Gasteiger partial charge in [-0.25, -0.2) is 0 Å². The van der Waals surface area contributed by atoms with Gasteiger partial charge in [-0.3, -0.25) is 4.99 Å². The van der Waals surface area contributed by atoms with Gasteiger partial charge < -0.3 is 9.47 Å². The third-order valence-corrected chi connectivity index (χ3v) is 4.07. The zero-order valence-electron chi connectivity index (χ0n) is 12.8. The molecular formula is C18H15BrClNO2. The van der Waals surface area contributed by atoms with Crippen molar-refractivity contribution in [2.45, 2.75) is 6.92 Å². The van der Waals surface area contributed by atoms with Gasteiger partial charge in [0.25, 0.3) is 0 Å². The van der Waals surface area contributed by atoms with Crippen LogP contribution in [0.3, 0.4) is 0 Å². The molecule has 0 spiro atoms. The quantitative estimate of drug-likeness (QED) is 0.518. The van der Waals surface area contributed by atoms with Crippen LogP contribution >= 0.6 is 27.5 Å². The first-order valence-electron chi connectivity index (χ1n) is 6.79. The molecule has 0 saturated heterocycles. The predicted octanol–water partition coefficient (Wildman–Crippen LogP) is 5.18. The lowest BCUT2D eigenvalue weighted by Gasteiger charge is -2.11. The smallest absolute Gasteiger partial charge is 0.176 e. The maximum atomic E-state index is 6.10. The van der Waals surface area contributed by atoms with Gasteiger partial charge in [0, 0.05) is 11.2 Å². The van der Waals surface area contributed by atoms with Gasteiger partial charge in [-0.1, -0.05) is 23.6 Å². The van der Waals surface area contributed by atoms with Crippen molar-refractivity contribution in [1.29, 1.82) is 0 Å². The van der Waals surface area contributed by atoms with E-state index < -0.39 is 0 Å². The van der Waals surface area contributed by atoms with Crippen LogP contribution in [0.15, 0.2) is 39.8 Å². The van der Waals surface area contributed by atoms with E-state index >= 15 is 0 Å². The van der Waals surface area contributed by atoms with Crippen molar-refractivity contribution in [3.63, 3.8) is 0 Å². The molecule has 2 aromatic carbocycles. The van der Waals surface area contributed by atoms with Gasteiger partial charge in [0.2, 0.25) is 0 Å². The summed E-state index contributed by atoms with van der Waals surface area (Å²) in [5.41, 5.74) is 2.66. The van der Waals surface area contributed by atoms with E-state index in [2.05, 4.69) is 26.8 Å². The van der Waals surface area contributed by atoms with Gasteiger partial charge in [0.1, 0.15) is 6.61 Å². The fourth-order valence-corrected chi connectivity index (χ4v) is 2.63. The van der Waals surface area contributed by atoms with E-state index in [1.54, 1.807) is 13.3 Å². The van der Waals surface area contributed by atoms with Crippen molar-refractivity contribution in [1.82, 2.24) is 0 Å². The molecule has 0 aliphatic heterocycles. The second kappa shape index (κ2) is 8.05. The van der Waals surface area contributed by atoms with Crippen LogP contribution in [0.1, 0.15) is 11.1 Å². The van der Waals surface area contributed by atoms with Crippen molar-refractivity contribution in [2.24, 2.45) is 4.99 Å². The molecule has 0 heterocycles. The fraction of sp³-hybridized carbons (Fsp3) is 0.167. The molecule has 5 heteroatoms. The molecule has 0 fully saturated rings. The lowest BCUT2D eigenvalue weighted by atomic mass is 10.2. The molecule has 0 radical (unpaired) electrons. The first-order chi connectivity index (χ1) is 11.0. The Hall–Kier alpha value is -1.96. The second-order valence-electron chi connectivity index (χ2n) is 4.72. The van der Waals surface area contributed by atoms with Crippen molar-refractivity contribution in [3.8, 4) is 23.8 Å². The van der Waals surface area contributed by atoms with E-state index in [9.17, 15) is 0 Å². The van der Waals surface area contributed by atoms with Gasteiger partial charge in [0.15, 0.2) is 11.5 Å². The van der Waals surface area contributed by atoms with Crippen LogP contribution in [0.4, 0.5) is 5.69 Å². The zero-order chi connectivity index (χ0) is 16.8. The molecule has 0 amide bonds. The highest BCUT2D eigenvalue weighted by molar-refractivity contribution is 9.10. The molecule has 0 aliphatic rings. The second-order valence-corrected chi connectivity index (χ2v) is 5.98. The highest BCUT2D eigenvalue weighted by atomic mass is 79.9. The van der Waals surface area contributed by atoms with Gasteiger partial charge in [-0.15, -0.1) is 6.42 Å². The number of benzene rings is 2. The molecule has 0 bridgehead atoms. The lowest BCUT2D eigenvalue weighted by Crippen LogP contribution is -1.98. The Morgan fingerprint density at radius 1 is 1.35 bits per heavy atom. The maximum absolute atomic E-state index is 6.10. The SMILES string of the molecule is C#CCOc1c(Br)cc(C=Nc2ccc(C)c(Cl)c2)cc1OC. The molecule has 0 atom stereocenters. The predicted molar refractivity (Wildman–Crippen MR) is 98.5 cm³/mol. The van der Waals surface area contributed by atoms with Gasteiger partial charge in [-0.05, 0) is 58.2 Å². The van der Waals surface area contributed by atoms with E-state index in [1.807, 2.05) is 37.3 Å². The number of aliphatic imine (C=N–C) groups is 1. The molecule has 0 aliphatic carbocycles. The van der Waals surface area contributed by atoms with Gasteiger partial charge in [0.05, 0.1) is 17.3 Å². The third-order valence-electron chi connectivity index (χ3n) is 3.07. The first-order valence-corrected chi connectivity index (χ1v) is 7.96. The number of rotatable bonds is 5. The molecular weight excluding hydrogens is 378 g/mol. The summed E-state index contributed by atoms with van der Waals surface area (Å²) in [5.74, 6) is 3.58. The van der Waals surface area contributed by atoms with Crippen molar-refractivity contribution in [3.05, 3.63) is 51.0 Å². The summed E-state index contributed by atoms with van der Waals surface area (Å²) in [5, 5.41) is 0.691. The summed E-state index contributed by atoms with van der Waals surface area (Å²) in [6, 6.07) is 9.38. The number of nitrogens with zero attached hydrogens (tertiary/aromatic N) is 1. The van der Waals surface area contributed by atoms with Crippen molar-refractivity contribution >= 4 is 39.4 Å². The maximum Gasteiger partial charge on any atom is 0.176 e. The summed E-state index contributed by atoms with van der Waals surface area (Å²) in [4.78, 5) is 4.43. The Kier molecular flexibility index (Phi) is 6.09. The van der Waals surface area contributed by atoms with Crippen LogP contribution in [0, 0.1) is 19.3 Å². The highest BCUT2D eigenvalue weighted by Crippen LogP contribution is 2.36. The van der Waals surface area contributed by atoms with Crippen molar-refractivity contribution in [2.75, 3.05) is 13.7 Å². The Morgan fingerprint density at radius 3 is 2.78 bits per heavy atom. The summed E-state index contributed by atoms with van der Waals surface area (Å²) < 4.78 is 11.6. The fourth-order valence-electron chi connectivity index (χ4n) is 1.88. The van der Waals surface area contributed by atoms with Crippen LogP contribution in [-0.4, -0.2) is 19.9 Å². The first kappa shape index (κ1) is 17.4. The Morgan fingerprint density at radius 2 is 2.13 bits per heavy atom. The van der Waals surface area contributed by atoms with Gasteiger partial charge in [-0.2, -0.15) is 0 Å². The van der Waals surface area contributed by atoms with Crippen LogP contribution in [0.25, 0.3) is 0 Å². The summed E-state index contributed by atoms with van der Waals surface area (Å²) >= 11 is 9.56. The molecule has 0 aromatic heterocycles. The molecule has 2 aromatic rings. The number of halogens is 2. The molecule has 23 heavy (non-hydrogen) atoms. The van der Waals surface area contributed by atoms with E-state index in [0.717, 1.165) is 21.3 Å². The van der Waals surface area contributed by atoms with Crippen LogP contribution in [-0.2, 0) is 0 Å². The average molecular weight is 393 g/mol. The molecule has 0 N–H and O–H groups in total. The number of ether oxygens (including phenoxy) is 2. The molecule has 2 rings (SSSR count). The summed E-state index contributed by atoms with van der Waals surface area (Å²) in [7, 11) is 1.57. The number of aryl methyl sites for hydroxylation is 1. The van der Waals surface area contributed by atoms with E-state index in [0.29, 0.717) is 16.5 Å². The monoisotopic (exact) mass is 391 g/mol. The molecule has 118 valence electrons. The number of methoxy groups -OCH3 is 1. The zero-order valence-corrected chi connectivity index (χ0v) is 15.1. The minimum Gasteiger partial charge on any atom is -0.493 e. The van der Waals surface area contributed by atoms with E-state index in [4.69, 9.17) is 27.5 Å². The Labute approximate surface area is 149 Å². The van der Waals surface area contributed by atoms with Gasteiger partial charge >= 0.3 is 0 Å². The molecule has 3 nitrogen and oxygen atoms in total. The normalized spacial score (nSPS) is 10.6. The van der Waals surface area contributed by atoms with Crippen LogP contribution in [0.5, 0.6) is 11.5 Å². The van der Waals surface area contributed by atoms with Crippen molar-refractivity contribution < 1.29 is 9.47 Å². The van der Waals surface area contributed by atoms with E-state index in [1.165, 1.54) is 0 Å². The lowest BCUT2D eigenvalue weighted by molar-refractivity contribution is 0.329. The Bertz CT molecular complexity index is 781. The number of hydrogen-bond donors (Lipinski definition) is 0. The third kappa shape index (κ3) is 4.51. The number of terminal acetylenes is 1. The molecule has 0 saturated carbocycles. The standard InChI is InChI=1S/C18H15BrClNO2/c1-4-7-23-18-15(19)8-13(9-17(18)22-3)11-21-14-6-5-12(2)16(20)10-14/h1,5-6,8-11H,7H2,2-3H3.